The molecule has 1 fully saturated rings. The molecule has 0 atom stereocenters. The molecule has 24 heavy (non-hydrogen) atoms. The Balaban J connectivity index is 1.56. The molecule has 0 bridgehead atoms. The second-order valence-electron chi connectivity index (χ2n) is 5.82. The van der Waals surface area contributed by atoms with Gasteiger partial charge in [0.25, 0.3) is 0 Å². The fraction of sp³-hybridized carbons (Fsp3) is 0.375. The van der Waals surface area contributed by atoms with Crippen molar-refractivity contribution in [3.8, 4) is 11.4 Å². The highest BCUT2D eigenvalue weighted by Crippen LogP contribution is 2.22. The lowest BCUT2D eigenvalue weighted by atomic mass is 10.1. The molecule has 0 aliphatic heterocycles. The van der Waals surface area contributed by atoms with Crippen molar-refractivity contribution in [1.29, 1.82) is 0 Å². The second-order valence-corrected chi connectivity index (χ2v) is 6.76. The number of hydrogen-bond donors (Lipinski definition) is 2. The van der Waals surface area contributed by atoms with Crippen LogP contribution in [0.25, 0.3) is 11.4 Å². The maximum absolute atomic E-state index is 11.8. The first-order valence-corrected chi connectivity index (χ1v) is 8.71. The van der Waals surface area contributed by atoms with E-state index in [0.717, 1.165) is 24.2 Å². The van der Waals surface area contributed by atoms with E-state index >= 15 is 0 Å². The predicted octanol–water partition coefficient (Wildman–Crippen LogP) is 1.87. The molecule has 7 nitrogen and oxygen atoms in total. The zero-order chi connectivity index (χ0) is 17.1. The zero-order valence-corrected chi connectivity index (χ0v) is 14.4. The number of amides is 3. The van der Waals surface area contributed by atoms with Crippen LogP contribution in [-0.4, -0.2) is 38.5 Å². The van der Waals surface area contributed by atoms with Gasteiger partial charge in [-0.2, -0.15) is 0 Å². The molecule has 1 aromatic carbocycles. The first-order chi connectivity index (χ1) is 11.5. The minimum Gasteiger partial charge on any atom is -0.335 e. The maximum Gasteiger partial charge on any atom is 0.321 e. The summed E-state index contributed by atoms with van der Waals surface area (Å²) in [6, 6.07) is 7.80. The Morgan fingerprint density at radius 3 is 2.62 bits per heavy atom. The third-order valence-electron chi connectivity index (χ3n) is 3.64. The molecule has 1 aliphatic rings. The molecule has 0 unspecified atom stereocenters. The third-order valence-corrected chi connectivity index (χ3v) is 4.66. The van der Waals surface area contributed by atoms with Gasteiger partial charge >= 0.3 is 6.03 Å². The molecule has 2 N–H and O–H groups in total. The van der Waals surface area contributed by atoms with E-state index in [4.69, 9.17) is 0 Å². The summed E-state index contributed by atoms with van der Waals surface area (Å²) in [4.78, 5) is 23.3. The van der Waals surface area contributed by atoms with Crippen LogP contribution in [0, 0.1) is 6.92 Å². The number of nitrogens with one attached hydrogen (secondary N) is 2. The highest BCUT2D eigenvalue weighted by molar-refractivity contribution is 7.99. The van der Waals surface area contributed by atoms with Crippen LogP contribution in [0.15, 0.2) is 29.4 Å². The number of benzene rings is 1. The Labute approximate surface area is 144 Å². The van der Waals surface area contributed by atoms with Crippen LogP contribution >= 0.6 is 11.8 Å². The van der Waals surface area contributed by atoms with E-state index in [-0.39, 0.29) is 17.7 Å². The summed E-state index contributed by atoms with van der Waals surface area (Å²) in [5, 5.41) is 14.0. The van der Waals surface area contributed by atoms with Gasteiger partial charge in [0.15, 0.2) is 11.0 Å². The normalized spacial score (nSPS) is 13.6. The van der Waals surface area contributed by atoms with Gasteiger partial charge in [0.05, 0.1) is 5.75 Å². The molecule has 0 spiro atoms. The van der Waals surface area contributed by atoms with E-state index in [9.17, 15) is 9.59 Å². The van der Waals surface area contributed by atoms with Crippen LogP contribution in [0.1, 0.15) is 18.4 Å². The average Bonchev–Trinajstić information content (AvgIpc) is 3.28. The predicted molar refractivity (Wildman–Crippen MR) is 91.6 cm³/mol. The lowest BCUT2D eigenvalue weighted by Crippen LogP contribution is -2.41. The van der Waals surface area contributed by atoms with Crippen LogP contribution in [0.2, 0.25) is 0 Å². The maximum atomic E-state index is 11.8. The molecule has 1 heterocycles. The highest BCUT2D eigenvalue weighted by Gasteiger charge is 2.24. The second kappa shape index (κ2) is 7.04. The number of aryl methyl sites for hydroxylation is 1. The fourth-order valence-corrected chi connectivity index (χ4v) is 2.85. The molecule has 0 radical (unpaired) electrons. The van der Waals surface area contributed by atoms with E-state index in [1.807, 2.05) is 42.8 Å². The minimum absolute atomic E-state index is 0.109. The monoisotopic (exact) mass is 345 g/mol. The van der Waals surface area contributed by atoms with Gasteiger partial charge in [0.1, 0.15) is 0 Å². The van der Waals surface area contributed by atoms with E-state index in [1.165, 1.54) is 17.3 Å². The van der Waals surface area contributed by atoms with Crippen molar-refractivity contribution in [3.05, 3.63) is 29.8 Å². The zero-order valence-electron chi connectivity index (χ0n) is 13.6. The SMILES string of the molecule is Cc1ccc(-c2nnc(SCC(=O)NC(=O)NC3CC3)n2C)cc1. The topological polar surface area (TPSA) is 88.9 Å². The number of carbonyl (C=O) groups excluding carboxylic acids is 2. The molecule has 8 heteroatoms. The van der Waals surface area contributed by atoms with Crippen molar-refractivity contribution in [2.45, 2.75) is 31.0 Å². The minimum atomic E-state index is -0.429. The lowest BCUT2D eigenvalue weighted by molar-refractivity contribution is -0.117. The molecule has 0 saturated heterocycles. The molecular weight excluding hydrogens is 326 g/mol. The van der Waals surface area contributed by atoms with Crippen molar-refractivity contribution in [3.63, 3.8) is 0 Å². The summed E-state index contributed by atoms with van der Waals surface area (Å²) in [7, 11) is 1.86. The number of nitrogens with zero attached hydrogens (tertiary/aromatic N) is 3. The van der Waals surface area contributed by atoms with Crippen LogP contribution in [-0.2, 0) is 11.8 Å². The van der Waals surface area contributed by atoms with Gasteiger partial charge in [-0.3, -0.25) is 10.1 Å². The van der Waals surface area contributed by atoms with Crippen molar-refractivity contribution in [2.24, 2.45) is 7.05 Å². The number of thioether (sulfide) groups is 1. The number of urea groups is 1. The number of imide groups is 1. The van der Waals surface area contributed by atoms with E-state index in [1.54, 1.807) is 0 Å². The summed E-state index contributed by atoms with van der Waals surface area (Å²) >= 11 is 1.25. The molecule has 3 rings (SSSR count). The van der Waals surface area contributed by atoms with E-state index in [0.29, 0.717) is 5.16 Å². The summed E-state index contributed by atoms with van der Waals surface area (Å²) in [5.41, 5.74) is 2.15. The van der Waals surface area contributed by atoms with Gasteiger partial charge in [-0.1, -0.05) is 41.6 Å². The van der Waals surface area contributed by atoms with E-state index in [2.05, 4.69) is 20.8 Å². The largest absolute Gasteiger partial charge is 0.335 e. The Hall–Kier alpha value is -2.35. The number of aromatic nitrogens is 3. The van der Waals surface area contributed by atoms with Crippen LogP contribution in [0.5, 0.6) is 0 Å². The quantitative estimate of drug-likeness (QED) is 0.808. The summed E-state index contributed by atoms with van der Waals surface area (Å²) in [6.45, 7) is 2.03. The Morgan fingerprint density at radius 1 is 1.25 bits per heavy atom. The number of rotatable bonds is 5. The van der Waals surface area contributed by atoms with Crippen LogP contribution in [0.3, 0.4) is 0 Å². The molecular formula is C16H19N5O2S. The molecule has 1 saturated carbocycles. The van der Waals surface area contributed by atoms with E-state index < -0.39 is 6.03 Å². The first kappa shape index (κ1) is 16.5. The van der Waals surface area contributed by atoms with Gasteiger partial charge in [0, 0.05) is 18.7 Å². The number of hydrogen-bond acceptors (Lipinski definition) is 5. The van der Waals surface area contributed by atoms with Gasteiger partial charge in [-0.05, 0) is 19.8 Å². The summed E-state index contributed by atoms with van der Waals surface area (Å²) in [5.74, 6) is 0.500. The summed E-state index contributed by atoms with van der Waals surface area (Å²) < 4.78 is 1.84. The van der Waals surface area contributed by atoms with Crippen molar-refractivity contribution >= 4 is 23.7 Å². The van der Waals surface area contributed by atoms with Crippen molar-refractivity contribution in [2.75, 3.05) is 5.75 Å². The third kappa shape index (κ3) is 4.14. The Morgan fingerprint density at radius 2 is 1.96 bits per heavy atom. The van der Waals surface area contributed by atoms with Crippen molar-refractivity contribution in [1.82, 2.24) is 25.4 Å². The number of carbonyl (C=O) groups is 2. The molecule has 2 aromatic rings. The highest BCUT2D eigenvalue weighted by atomic mass is 32.2. The molecule has 126 valence electrons. The van der Waals surface area contributed by atoms with Crippen LogP contribution in [0.4, 0.5) is 4.79 Å². The summed E-state index contributed by atoms with van der Waals surface area (Å²) in [6.07, 6.45) is 1.97. The van der Waals surface area contributed by atoms with Crippen molar-refractivity contribution < 1.29 is 9.59 Å². The molecule has 1 aliphatic carbocycles. The standard InChI is InChI=1S/C16H19N5O2S/c1-10-3-5-11(6-4-10)14-19-20-16(21(14)2)24-9-13(22)18-15(23)17-12-7-8-12/h3-6,12H,7-9H2,1-2H3,(H2,17,18,22,23). The Bertz CT molecular complexity index is 752. The Kier molecular flexibility index (Phi) is 4.84. The van der Waals surface area contributed by atoms with Gasteiger partial charge in [-0.25, -0.2) is 4.79 Å². The molecule has 3 amide bonds. The van der Waals surface area contributed by atoms with Gasteiger partial charge < -0.3 is 9.88 Å². The smallest absolute Gasteiger partial charge is 0.321 e. The van der Waals surface area contributed by atoms with Gasteiger partial charge in [0.2, 0.25) is 5.91 Å². The fourth-order valence-electron chi connectivity index (χ4n) is 2.14. The average molecular weight is 345 g/mol. The van der Waals surface area contributed by atoms with Crippen LogP contribution < -0.4 is 10.6 Å². The first-order valence-electron chi connectivity index (χ1n) is 7.72. The van der Waals surface area contributed by atoms with Gasteiger partial charge in [-0.15, -0.1) is 10.2 Å². The lowest BCUT2D eigenvalue weighted by Gasteiger charge is -2.06. The molecule has 1 aromatic heterocycles.